The number of carboxylic acid groups (broad SMARTS) is 2. The maximum atomic E-state index is 11.3. The number of nitrogens with zero attached hydrogens (tertiary/aromatic N) is 1. The van der Waals surface area contributed by atoms with E-state index in [1.165, 1.54) is 0 Å². The summed E-state index contributed by atoms with van der Waals surface area (Å²) >= 11 is 0. The number of carboxylic acids is 2. The van der Waals surface area contributed by atoms with Crippen molar-refractivity contribution in [3.8, 4) is 0 Å². The van der Waals surface area contributed by atoms with E-state index in [4.69, 9.17) is 5.11 Å². The quantitative estimate of drug-likeness (QED) is 0.195. The van der Waals surface area contributed by atoms with Crippen LogP contribution < -0.4 is 10.2 Å². The third-order valence-corrected chi connectivity index (χ3v) is 2.20. The number of hydrogen-bond acceptors (Lipinski definition) is 5. The molecule has 0 fully saturated rings. The molecule has 19 heavy (non-hydrogen) atoms. The van der Waals surface area contributed by atoms with Gasteiger partial charge in [-0.3, -0.25) is 4.99 Å². The van der Waals surface area contributed by atoms with Crippen molar-refractivity contribution in [3.63, 3.8) is 0 Å². The largest absolute Gasteiger partial charge is 2.00 e. The second-order valence-electron chi connectivity index (χ2n) is 3.75. The normalized spacial score (nSPS) is 13.0. The fourth-order valence-corrected chi connectivity index (χ4v) is 1.27. The van der Waals surface area contributed by atoms with Gasteiger partial charge in [0.2, 0.25) is 0 Å². The van der Waals surface area contributed by atoms with Crippen LogP contribution in [0.4, 0.5) is 0 Å². The minimum atomic E-state index is -1.35. The topological polar surface area (TPSA) is 113 Å². The molecule has 0 aliphatic heterocycles. The van der Waals surface area contributed by atoms with Crippen molar-refractivity contribution >= 4 is 55.6 Å². The van der Waals surface area contributed by atoms with Gasteiger partial charge in [0, 0.05) is 5.97 Å². The smallest absolute Gasteiger partial charge is 0.862 e. The molecule has 0 rings (SSSR count). The Morgan fingerprint density at radius 2 is 1.95 bits per heavy atom. The molecule has 0 amide bonds. The molecule has 0 saturated heterocycles. The second kappa shape index (κ2) is 12.4. The Balaban J connectivity index is 0. The number of hydrogen-bond donors (Lipinski definition) is 1. The SMILES string of the molecule is C/C=C/CCCC([O-])=N[C@@H](CCC(=O)[O-])C(=O)O.[Ca+2]. The molecule has 1 N–H and O–H groups in total. The van der Waals surface area contributed by atoms with E-state index in [0.717, 1.165) is 6.42 Å². The number of carbonyl (C=O) groups excluding carboxylic acids is 1. The first-order chi connectivity index (χ1) is 8.47. The fourth-order valence-electron chi connectivity index (χ4n) is 1.27. The van der Waals surface area contributed by atoms with E-state index >= 15 is 0 Å². The summed E-state index contributed by atoms with van der Waals surface area (Å²) in [6.07, 6.45) is 4.61. The Labute approximate surface area is 142 Å². The van der Waals surface area contributed by atoms with Gasteiger partial charge in [0.15, 0.2) is 0 Å². The van der Waals surface area contributed by atoms with Crippen LogP contribution in [0.2, 0.25) is 0 Å². The summed E-state index contributed by atoms with van der Waals surface area (Å²) in [5.74, 6) is -3.15. The van der Waals surface area contributed by atoms with Crippen LogP contribution in [0.25, 0.3) is 0 Å². The molecule has 0 saturated carbocycles. The van der Waals surface area contributed by atoms with Crippen LogP contribution in [0.1, 0.15) is 39.0 Å². The zero-order chi connectivity index (χ0) is 14.0. The predicted molar refractivity (Wildman–Crippen MR) is 67.5 cm³/mol. The second-order valence-corrected chi connectivity index (χ2v) is 3.75. The Bertz CT molecular complexity index is 341. The summed E-state index contributed by atoms with van der Waals surface area (Å²) in [6, 6.07) is -1.29. The van der Waals surface area contributed by atoms with Gasteiger partial charge in [-0.25, -0.2) is 4.79 Å². The molecule has 0 aromatic carbocycles. The predicted octanol–water partition coefficient (Wildman–Crippen LogP) is -0.906. The van der Waals surface area contributed by atoms with E-state index in [2.05, 4.69) is 4.99 Å². The summed E-state index contributed by atoms with van der Waals surface area (Å²) < 4.78 is 0. The molecule has 0 radical (unpaired) electrons. The molecule has 0 unspecified atom stereocenters. The summed E-state index contributed by atoms with van der Waals surface area (Å²) in [6.45, 7) is 1.87. The third kappa shape index (κ3) is 12.2. The van der Waals surface area contributed by atoms with Gasteiger partial charge >= 0.3 is 43.7 Å². The van der Waals surface area contributed by atoms with Crippen LogP contribution in [0.5, 0.6) is 0 Å². The van der Waals surface area contributed by atoms with Crippen LogP contribution >= 0.6 is 0 Å². The first-order valence-electron chi connectivity index (χ1n) is 5.74. The number of aliphatic carboxylic acids is 2. The van der Waals surface area contributed by atoms with E-state index < -0.39 is 30.3 Å². The Hall–Kier alpha value is -0.590. The molecule has 0 bridgehead atoms. The molecular weight excluding hydrogens is 278 g/mol. The van der Waals surface area contributed by atoms with Crippen molar-refractivity contribution in [2.24, 2.45) is 4.99 Å². The van der Waals surface area contributed by atoms with Crippen LogP contribution in [-0.2, 0) is 9.59 Å². The minimum Gasteiger partial charge on any atom is -0.862 e. The van der Waals surface area contributed by atoms with Crippen LogP contribution in [0.15, 0.2) is 17.1 Å². The number of allylic oxidation sites excluding steroid dienone is 2. The van der Waals surface area contributed by atoms with Gasteiger partial charge in [-0.05, 0) is 44.9 Å². The van der Waals surface area contributed by atoms with Crippen molar-refractivity contribution in [3.05, 3.63) is 12.2 Å². The summed E-state index contributed by atoms with van der Waals surface area (Å²) in [5.41, 5.74) is 0. The number of rotatable bonds is 9. The fraction of sp³-hybridized carbons (Fsp3) is 0.583. The average Bonchev–Trinajstić information content (AvgIpc) is 2.29. The van der Waals surface area contributed by atoms with Gasteiger partial charge in [0.25, 0.3) is 0 Å². The molecule has 6 nitrogen and oxygen atoms in total. The van der Waals surface area contributed by atoms with E-state index in [1.807, 2.05) is 19.1 Å². The molecule has 0 spiro atoms. The molecule has 0 aliphatic carbocycles. The van der Waals surface area contributed by atoms with Gasteiger partial charge in [-0.2, -0.15) is 0 Å². The van der Waals surface area contributed by atoms with Crippen LogP contribution in [-0.4, -0.2) is 66.7 Å². The minimum absolute atomic E-state index is 0. The average molecular weight is 295 g/mol. The van der Waals surface area contributed by atoms with E-state index in [0.29, 0.717) is 6.42 Å². The summed E-state index contributed by atoms with van der Waals surface area (Å²) in [4.78, 5) is 24.5. The molecular formula is C12H17CaNO5. The Morgan fingerprint density at radius 1 is 1.32 bits per heavy atom. The molecule has 0 aromatic heterocycles. The molecule has 0 aromatic rings. The first-order valence-corrected chi connectivity index (χ1v) is 5.74. The molecule has 102 valence electrons. The summed E-state index contributed by atoms with van der Waals surface area (Å²) in [7, 11) is 0. The standard InChI is InChI=1S/C12H19NO5.Ca/c1-2-3-4-5-6-10(14)13-9(12(17)18)7-8-11(15)16;/h2-3,9H,4-8H2,1H3,(H,13,14)(H,15,16)(H,17,18);/q;+2/p-2/b3-2+;/t9-;/m0./s1. The van der Waals surface area contributed by atoms with Gasteiger partial charge < -0.3 is 20.1 Å². The zero-order valence-corrected chi connectivity index (χ0v) is 13.2. The molecule has 1 atom stereocenters. The van der Waals surface area contributed by atoms with Crippen molar-refractivity contribution in [1.82, 2.24) is 0 Å². The van der Waals surface area contributed by atoms with Crippen molar-refractivity contribution < 1.29 is 24.9 Å². The monoisotopic (exact) mass is 295 g/mol. The first kappa shape index (κ1) is 20.7. The molecule has 7 heteroatoms. The van der Waals surface area contributed by atoms with E-state index in [-0.39, 0.29) is 50.6 Å². The van der Waals surface area contributed by atoms with Crippen molar-refractivity contribution in [1.29, 1.82) is 0 Å². The number of unbranched alkanes of at least 4 members (excludes halogenated alkanes) is 1. The maximum absolute atomic E-state index is 11.3. The maximum Gasteiger partial charge on any atom is 2.00 e. The molecule has 0 heterocycles. The van der Waals surface area contributed by atoms with Gasteiger partial charge in [0.1, 0.15) is 6.04 Å². The van der Waals surface area contributed by atoms with Gasteiger partial charge in [0.05, 0.1) is 0 Å². The number of carbonyl (C=O) groups is 2. The van der Waals surface area contributed by atoms with Crippen LogP contribution in [0, 0.1) is 0 Å². The van der Waals surface area contributed by atoms with Crippen LogP contribution in [0.3, 0.4) is 0 Å². The zero-order valence-electron chi connectivity index (χ0n) is 11.0. The third-order valence-electron chi connectivity index (χ3n) is 2.20. The van der Waals surface area contributed by atoms with Gasteiger partial charge in [-0.1, -0.05) is 12.2 Å². The Morgan fingerprint density at radius 3 is 2.42 bits per heavy atom. The van der Waals surface area contributed by atoms with Crippen molar-refractivity contribution in [2.45, 2.75) is 45.1 Å². The van der Waals surface area contributed by atoms with E-state index in [9.17, 15) is 19.8 Å². The number of aliphatic imine (C=N–C) groups is 1. The summed E-state index contributed by atoms with van der Waals surface area (Å²) in [5, 5.41) is 30.3. The molecule has 0 aliphatic rings. The van der Waals surface area contributed by atoms with Crippen molar-refractivity contribution in [2.75, 3.05) is 0 Å². The Kier molecular flexibility index (Phi) is 13.6. The van der Waals surface area contributed by atoms with E-state index in [1.54, 1.807) is 0 Å². The van der Waals surface area contributed by atoms with Gasteiger partial charge in [-0.15, -0.1) is 0 Å².